The fourth-order valence-corrected chi connectivity index (χ4v) is 1.46. The zero-order chi connectivity index (χ0) is 14.8. The zero-order valence-electron chi connectivity index (χ0n) is 10.8. The number of ether oxygens (including phenoxy) is 1. The van der Waals surface area contributed by atoms with Gasteiger partial charge in [0.15, 0.2) is 6.61 Å². The van der Waals surface area contributed by atoms with Gasteiger partial charge in [0.1, 0.15) is 5.75 Å². The first-order valence-electron chi connectivity index (χ1n) is 5.72. The molecule has 0 heterocycles. The molecule has 19 heavy (non-hydrogen) atoms. The predicted octanol–water partition coefficient (Wildman–Crippen LogP) is 4.86. The Kier molecular flexibility index (Phi) is 4.43. The lowest BCUT2D eigenvalue weighted by Crippen LogP contribution is -2.22. The molecule has 1 aromatic rings. The van der Waals surface area contributed by atoms with E-state index in [2.05, 4.69) is 4.74 Å². The summed E-state index contributed by atoms with van der Waals surface area (Å²) >= 11 is 0. The third-order valence-electron chi connectivity index (χ3n) is 2.46. The van der Waals surface area contributed by atoms with Gasteiger partial charge in [0.05, 0.1) is 5.56 Å². The molecule has 0 fully saturated rings. The van der Waals surface area contributed by atoms with E-state index in [1.165, 1.54) is 6.07 Å². The smallest absolute Gasteiger partial charge is 0.419 e. The fraction of sp³-hybridized carbons (Fsp3) is 0.538. The van der Waals surface area contributed by atoms with Crippen LogP contribution in [0.1, 0.15) is 37.8 Å². The SMILES string of the molecule is CC(C)c1ccc(OCC(C)(F)F)c(C(F)(F)F)c1. The fourth-order valence-electron chi connectivity index (χ4n) is 1.46. The Labute approximate surface area is 108 Å². The van der Waals surface area contributed by atoms with Gasteiger partial charge in [0.2, 0.25) is 0 Å². The van der Waals surface area contributed by atoms with Crippen LogP contribution in [0.15, 0.2) is 18.2 Å². The third kappa shape index (κ3) is 4.69. The maximum atomic E-state index is 12.8. The largest absolute Gasteiger partial charge is 0.487 e. The Bertz CT molecular complexity index is 432. The summed E-state index contributed by atoms with van der Waals surface area (Å²) in [6.45, 7) is 2.99. The van der Waals surface area contributed by atoms with Gasteiger partial charge in [-0.05, 0) is 23.6 Å². The molecule has 6 heteroatoms. The van der Waals surface area contributed by atoms with Crippen molar-refractivity contribution >= 4 is 0 Å². The van der Waals surface area contributed by atoms with Crippen molar-refractivity contribution in [3.05, 3.63) is 29.3 Å². The van der Waals surface area contributed by atoms with Gasteiger partial charge in [-0.3, -0.25) is 0 Å². The molecule has 0 spiro atoms. The molecule has 0 N–H and O–H groups in total. The van der Waals surface area contributed by atoms with Gasteiger partial charge in [0.25, 0.3) is 5.92 Å². The average molecular weight is 282 g/mol. The van der Waals surface area contributed by atoms with Crippen LogP contribution in [-0.2, 0) is 6.18 Å². The molecule has 0 atom stereocenters. The number of halogens is 5. The van der Waals surface area contributed by atoms with Crippen LogP contribution in [0.2, 0.25) is 0 Å². The van der Waals surface area contributed by atoms with Gasteiger partial charge < -0.3 is 4.74 Å². The van der Waals surface area contributed by atoms with E-state index in [-0.39, 0.29) is 5.92 Å². The minimum Gasteiger partial charge on any atom is -0.487 e. The number of hydrogen-bond donors (Lipinski definition) is 0. The van der Waals surface area contributed by atoms with E-state index in [0.29, 0.717) is 12.5 Å². The maximum Gasteiger partial charge on any atom is 0.419 e. The molecule has 0 saturated heterocycles. The van der Waals surface area contributed by atoms with Crippen molar-refractivity contribution in [3.63, 3.8) is 0 Å². The first kappa shape index (κ1) is 15.7. The summed E-state index contributed by atoms with van der Waals surface area (Å²) in [6.07, 6.45) is -4.64. The highest BCUT2D eigenvalue weighted by Gasteiger charge is 2.35. The number of rotatable bonds is 4. The molecule has 0 bridgehead atoms. The van der Waals surface area contributed by atoms with E-state index >= 15 is 0 Å². The topological polar surface area (TPSA) is 9.23 Å². The van der Waals surface area contributed by atoms with Gasteiger partial charge >= 0.3 is 6.18 Å². The van der Waals surface area contributed by atoms with Crippen LogP contribution in [0.4, 0.5) is 22.0 Å². The molecule has 0 unspecified atom stereocenters. The molecule has 0 aliphatic heterocycles. The minimum absolute atomic E-state index is 0.0947. The van der Waals surface area contributed by atoms with Crippen LogP contribution < -0.4 is 4.74 Å². The second-order valence-electron chi connectivity index (χ2n) is 4.77. The Hall–Kier alpha value is -1.33. The molecule has 0 aliphatic rings. The molecule has 108 valence electrons. The summed E-state index contributed by atoms with van der Waals surface area (Å²) in [6, 6.07) is 3.47. The third-order valence-corrected chi connectivity index (χ3v) is 2.46. The summed E-state index contributed by atoms with van der Waals surface area (Å²) in [4.78, 5) is 0. The summed E-state index contributed by atoms with van der Waals surface area (Å²) < 4.78 is 68.4. The molecule has 0 aliphatic carbocycles. The van der Waals surface area contributed by atoms with E-state index in [0.717, 1.165) is 12.1 Å². The van der Waals surface area contributed by atoms with Gasteiger partial charge in [-0.1, -0.05) is 19.9 Å². The molecule has 0 amide bonds. The van der Waals surface area contributed by atoms with Gasteiger partial charge in [-0.25, -0.2) is 8.78 Å². The van der Waals surface area contributed by atoms with Gasteiger partial charge in [0, 0.05) is 6.92 Å². The van der Waals surface area contributed by atoms with E-state index in [4.69, 9.17) is 0 Å². The summed E-state index contributed by atoms with van der Waals surface area (Å²) in [7, 11) is 0. The summed E-state index contributed by atoms with van der Waals surface area (Å²) in [5, 5.41) is 0. The highest BCUT2D eigenvalue weighted by Crippen LogP contribution is 2.38. The molecule has 1 nitrogen and oxygen atoms in total. The normalized spacial score (nSPS) is 12.9. The van der Waals surface area contributed by atoms with Crippen molar-refractivity contribution < 1.29 is 26.7 Å². The van der Waals surface area contributed by atoms with Crippen LogP contribution in [0.5, 0.6) is 5.75 Å². The Balaban J connectivity index is 3.10. The first-order valence-corrected chi connectivity index (χ1v) is 5.72. The molecule has 0 radical (unpaired) electrons. The number of alkyl halides is 5. The lowest BCUT2D eigenvalue weighted by atomic mass is 10.00. The second kappa shape index (κ2) is 5.35. The van der Waals surface area contributed by atoms with Crippen LogP contribution >= 0.6 is 0 Å². The van der Waals surface area contributed by atoms with Crippen molar-refractivity contribution in [1.82, 2.24) is 0 Å². The van der Waals surface area contributed by atoms with E-state index in [9.17, 15) is 22.0 Å². The van der Waals surface area contributed by atoms with Crippen molar-refractivity contribution in [2.75, 3.05) is 6.61 Å². The minimum atomic E-state index is -4.64. The Morgan fingerprint density at radius 1 is 1.11 bits per heavy atom. The summed E-state index contributed by atoms with van der Waals surface area (Å²) in [5.41, 5.74) is -0.550. The molecule has 0 saturated carbocycles. The Morgan fingerprint density at radius 2 is 1.68 bits per heavy atom. The highest BCUT2D eigenvalue weighted by molar-refractivity contribution is 5.40. The Morgan fingerprint density at radius 3 is 2.11 bits per heavy atom. The molecule has 0 aromatic heterocycles. The molecule has 1 rings (SSSR count). The standard InChI is InChI=1S/C13H15F5O/c1-8(2)9-4-5-11(19-7-12(3,14)15)10(6-9)13(16,17)18/h4-6,8H,7H2,1-3H3. The molecular weight excluding hydrogens is 267 g/mol. The van der Waals surface area contributed by atoms with E-state index in [1.54, 1.807) is 13.8 Å². The van der Waals surface area contributed by atoms with Crippen LogP contribution in [0, 0.1) is 0 Å². The zero-order valence-corrected chi connectivity index (χ0v) is 10.8. The lowest BCUT2D eigenvalue weighted by Gasteiger charge is -2.18. The van der Waals surface area contributed by atoms with Crippen LogP contribution in [-0.4, -0.2) is 12.5 Å². The average Bonchev–Trinajstić information content (AvgIpc) is 2.23. The lowest BCUT2D eigenvalue weighted by molar-refractivity contribution is -0.139. The van der Waals surface area contributed by atoms with Crippen molar-refractivity contribution in [2.24, 2.45) is 0 Å². The van der Waals surface area contributed by atoms with Gasteiger partial charge in [-0.2, -0.15) is 13.2 Å². The monoisotopic (exact) mass is 282 g/mol. The van der Waals surface area contributed by atoms with Crippen molar-refractivity contribution in [3.8, 4) is 5.75 Å². The van der Waals surface area contributed by atoms with Crippen LogP contribution in [0.3, 0.4) is 0 Å². The quantitative estimate of drug-likeness (QED) is 0.716. The molecule has 1 aromatic carbocycles. The van der Waals surface area contributed by atoms with Crippen molar-refractivity contribution in [2.45, 2.75) is 38.8 Å². The maximum absolute atomic E-state index is 12.8. The summed E-state index contributed by atoms with van der Waals surface area (Å²) in [5.74, 6) is -3.85. The molecular formula is C13H15F5O. The predicted molar refractivity (Wildman–Crippen MR) is 61.6 cm³/mol. The number of hydrogen-bond acceptors (Lipinski definition) is 1. The van der Waals surface area contributed by atoms with Gasteiger partial charge in [-0.15, -0.1) is 0 Å². The van der Waals surface area contributed by atoms with Crippen molar-refractivity contribution in [1.29, 1.82) is 0 Å². The first-order chi connectivity index (χ1) is 8.50. The number of benzene rings is 1. The van der Waals surface area contributed by atoms with E-state index in [1.807, 2.05) is 0 Å². The van der Waals surface area contributed by atoms with E-state index < -0.39 is 30.0 Å². The highest BCUT2D eigenvalue weighted by atomic mass is 19.4. The second-order valence-corrected chi connectivity index (χ2v) is 4.77. The van der Waals surface area contributed by atoms with Crippen LogP contribution in [0.25, 0.3) is 0 Å².